The average Bonchev–Trinajstić information content (AvgIpc) is 3.48. The van der Waals surface area contributed by atoms with Gasteiger partial charge in [-0.05, 0) is 59.7 Å². The number of fused-ring (bicyclic) bond motifs is 2. The van der Waals surface area contributed by atoms with Gasteiger partial charge in [-0.3, -0.25) is 9.59 Å². The van der Waals surface area contributed by atoms with Crippen molar-refractivity contribution in [2.45, 2.75) is 57.5 Å². The van der Waals surface area contributed by atoms with Crippen LogP contribution in [0.5, 0.6) is 0 Å². The second-order valence-corrected chi connectivity index (χ2v) is 13.7. The van der Waals surface area contributed by atoms with Crippen LogP contribution in [0.2, 0.25) is 0 Å². The minimum atomic E-state index is -1.60. The molecule has 1 fully saturated rings. The molecule has 0 aromatic heterocycles. The van der Waals surface area contributed by atoms with Gasteiger partial charge < -0.3 is 15.5 Å². The average molecular weight is 665 g/mol. The van der Waals surface area contributed by atoms with Crippen molar-refractivity contribution in [2.75, 3.05) is 10.6 Å². The summed E-state index contributed by atoms with van der Waals surface area (Å²) in [5.74, 6) is -1.36. The summed E-state index contributed by atoms with van der Waals surface area (Å²) in [6.07, 6.45) is 0.593. The first-order valence-electron chi connectivity index (χ1n) is 15.6. The third kappa shape index (κ3) is 5.37. The van der Waals surface area contributed by atoms with Gasteiger partial charge in [0.2, 0.25) is 0 Å². The summed E-state index contributed by atoms with van der Waals surface area (Å²) in [6, 6.07) is 31.5. The van der Waals surface area contributed by atoms with Gasteiger partial charge in [-0.25, -0.2) is 4.79 Å². The van der Waals surface area contributed by atoms with Crippen molar-refractivity contribution < 1.29 is 14.4 Å². The lowest BCUT2D eigenvalue weighted by molar-refractivity contribution is -0.126. The molecule has 6 nitrogen and oxygen atoms in total. The summed E-state index contributed by atoms with van der Waals surface area (Å²) in [5.41, 5.74) is 2.84. The summed E-state index contributed by atoms with van der Waals surface area (Å²) in [5, 5.41) is 6.20. The fraction of sp³-hybridized carbons (Fsp3) is 0.289. The number of hydrogen-bond acceptors (Lipinski definition) is 3. The molecule has 230 valence electrons. The van der Waals surface area contributed by atoms with E-state index in [1.165, 1.54) is 0 Å². The van der Waals surface area contributed by atoms with Crippen molar-refractivity contribution in [3.05, 3.63) is 130 Å². The Bertz CT molecular complexity index is 1720. The number of hydrogen-bond donors (Lipinski definition) is 2. The summed E-state index contributed by atoms with van der Waals surface area (Å²) in [7, 11) is 0. The van der Waals surface area contributed by atoms with Gasteiger partial charge >= 0.3 is 6.03 Å². The highest BCUT2D eigenvalue weighted by molar-refractivity contribution is 9.10. The van der Waals surface area contributed by atoms with Crippen LogP contribution in [-0.2, 0) is 10.3 Å². The minimum Gasteiger partial charge on any atom is -0.323 e. The summed E-state index contributed by atoms with van der Waals surface area (Å²) in [4.78, 5) is 46.2. The molecule has 0 saturated carbocycles. The van der Waals surface area contributed by atoms with Gasteiger partial charge in [0.15, 0.2) is 11.3 Å². The molecule has 2 aliphatic rings. The molecule has 4 unspecified atom stereocenters. The maximum atomic E-state index is 14.9. The maximum absolute atomic E-state index is 14.9. The van der Waals surface area contributed by atoms with Crippen molar-refractivity contribution >= 4 is 45.0 Å². The molecule has 2 aliphatic heterocycles. The molecule has 2 heterocycles. The van der Waals surface area contributed by atoms with E-state index >= 15 is 0 Å². The monoisotopic (exact) mass is 663 g/mol. The highest BCUT2D eigenvalue weighted by atomic mass is 79.9. The van der Waals surface area contributed by atoms with Gasteiger partial charge in [0, 0.05) is 38.9 Å². The molecule has 2 N–H and O–H groups in total. The van der Waals surface area contributed by atoms with Gasteiger partial charge in [-0.1, -0.05) is 116 Å². The van der Waals surface area contributed by atoms with E-state index in [9.17, 15) is 14.4 Å². The number of carbonyl (C=O) groups is 3. The number of benzene rings is 4. The van der Waals surface area contributed by atoms with E-state index < -0.39 is 29.4 Å². The SMILES string of the molecule is CC(C)CC1C(c2ccccc2)C(C(=O)c2ccccc2)C2(C(=O)Nc3ccc(Br)cc32)N1C(=O)Nc1ccc(C(C)C)cc1. The van der Waals surface area contributed by atoms with Gasteiger partial charge in [0.25, 0.3) is 5.91 Å². The van der Waals surface area contributed by atoms with Crippen LogP contribution in [-0.4, -0.2) is 28.7 Å². The summed E-state index contributed by atoms with van der Waals surface area (Å²) >= 11 is 3.62. The van der Waals surface area contributed by atoms with E-state index in [0.717, 1.165) is 15.6 Å². The van der Waals surface area contributed by atoms with Crippen LogP contribution < -0.4 is 10.6 Å². The second-order valence-electron chi connectivity index (χ2n) is 12.8. The number of ketones is 1. The minimum absolute atomic E-state index is 0.169. The Labute approximate surface area is 273 Å². The molecular formula is C38H38BrN3O3. The number of nitrogens with one attached hydrogen (secondary N) is 2. The third-order valence-corrected chi connectivity index (χ3v) is 9.70. The van der Waals surface area contributed by atoms with Crippen molar-refractivity contribution in [3.63, 3.8) is 0 Å². The lowest BCUT2D eigenvalue weighted by atomic mass is 9.69. The van der Waals surface area contributed by atoms with E-state index in [4.69, 9.17) is 0 Å². The van der Waals surface area contributed by atoms with Crippen LogP contribution in [0.15, 0.2) is 108 Å². The van der Waals surface area contributed by atoms with Crippen molar-refractivity contribution in [2.24, 2.45) is 11.8 Å². The first kappa shape index (κ1) is 30.8. The molecule has 4 atom stereocenters. The van der Waals surface area contributed by atoms with Crippen LogP contribution in [0, 0.1) is 11.8 Å². The van der Waals surface area contributed by atoms with E-state index in [1.54, 1.807) is 17.0 Å². The highest BCUT2D eigenvalue weighted by Crippen LogP contribution is 2.60. The molecule has 4 aromatic carbocycles. The number of likely N-dealkylation sites (tertiary alicyclic amines) is 1. The van der Waals surface area contributed by atoms with Crippen molar-refractivity contribution in [1.82, 2.24) is 4.90 Å². The Morgan fingerprint density at radius 2 is 1.53 bits per heavy atom. The Morgan fingerprint density at radius 1 is 0.889 bits per heavy atom. The van der Waals surface area contributed by atoms with E-state index in [0.29, 0.717) is 34.8 Å². The standard InChI is InChI=1S/C38H38BrN3O3/c1-23(2)21-32-33(26-11-7-5-8-12-26)34(35(43)27-13-9-6-10-14-27)38(30-22-28(39)17-20-31(30)41-36(38)44)42(32)37(45)40-29-18-15-25(16-19-29)24(3)4/h5-20,22-24,32-34H,21H2,1-4H3,(H,40,45)(H,41,44). The van der Waals surface area contributed by atoms with Gasteiger partial charge in [-0.2, -0.15) is 0 Å². The number of Topliss-reactive ketones (excluding diaryl/α,β-unsaturated/α-hetero) is 1. The highest BCUT2D eigenvalue weighted by Gasteiger charge is 2.70. The summed E-state index contributed by atoms with van der Waals surface area (Å²) < 4.78 is 0.760. The third-order valence-electron chi connectivity index (χ3n) is 9.21. The molecule has 45 heavy (non-hydrogen) atoms. The smallest absolute Gasteiger partial charge is 0.323 e. The van der Waals surface area contributed by atoms with Crippen molar-refractivity contribution in [3.8, 4) is 0 Å². The maximum Gasteiger partial charge on any atom is 0.323 e. The summed E-state index contributed by atoms with van der Waals surface area (Å²) in [6.45, 7) is 8.47. The predicted octanol–water partition coefficient (Wildman–Crippen LogP) is 8.97. The molecule has 0 bridgehead atoms. The Hall–Kier alpha value is -4.23. The lowest BCUT2D eigenvalue weighted by Gasteiger charge is -2.39. The molecule has 6 rings (SSSR count). The fourth-order valence-electron chi connectivity index (χ4n) is 7.29. The molecule has 0 radical (unpaired) electrons. The second kappa shape index (κ2) is 12.3. The van der Waals surface area contributed by atoms with Crippen LogP contribution in [0.4, 0.5) is 16.2 Å². The van der Waals surface area contributed by atoms with Crippen LogP contribution >= 0.6 is 15.9 Å². The number of rotatable bonds is 7. The molecule has 4 aromatic rings. The lowest BCUT2D eigenvalue weighted by Crippen LogP contribution is -2.57. The Kier molecular flexibility index (Phi) is 8.40. The molecule has 1 spiro atoms. The predicted molar refractivity (Wildman–Crippen MR) is 183 cm³/mol. The first-order chi connectivity index (χ1) is 21.6. The largest absolute Gasteiger partial charge is 0.323 e. The Balaban J connectivity index is 1.62. The van der Waals surface area contributed by atoms with E-state index in [-0.39, 0.29) is 17.6 Å². The first-order valence-corrected chi connectivity index (χ1v) is 16.4. The van der Waals surface area contributed by atoms with Gasteiger partial charge in [-0.15, -0.1) is 0 Å². The van der Waals surface area contributed by atoms with E-state index in [2.05, 4.69) is 54.3 Å². The molecule has 1 saturated heterocycles. The molecule has 3 amide bonds. The number of carbonyl (C=O) groups excluding carboxylic acids is 3. The van der Waals surface area contributed by atoms with Gasteiger partial charge in [0.05, 0.1) is 5.92 Å². The quantitative estimate of drug-likeness (QED) is 0.194. The molecule has 7 heteroatoms. The molecular weight excluding hydrogens is 626 g/mol. The number of halogens is 1. The van der Waals surface area contributed by atoms with Gasteiger partial charge in [0.1, 0.15) is 0 Å². The zero-order valence-corrected chi connectivity index (χ0v) is 27.5. The van der Waals surface area contributed by atoms with E-state index in [1.807, 2.05) is 91.0 Å². The topological polar surface area (TPSA) is 78.5 Å². The number of urea groups is 1. The fourth-order valence-corrected chi connectivity index (χ4v) is 7.65. The zero-order chi connectivity index (χ0) is 31.9. The molecule has 0 aliphatic carbocycles. The van der Waals surface area contributed by atoms with Crippen LogP contribution in [0.25, 0.3) is 0 Å². The Morgan fingerprint density at radius 3 is 2.16 bits per heavy atom. The van der Waals surface area contributed by atoms with Crippen LogP contribution in [0.1, 0.15) is 73.0 Å². The number of anilines is 2. The number of nitrogens with zero attached hydrogens (tertiary/aromatic N) is 1. The number of amides is 3. The normalized spacial score (nSPS) is 22.2. The zero-order valence-electron chi connectivity index (χ0n) is 26.0. The van der Waals surface area contributed by atoms with Crippen LogP contribution in [0.3, 0.4) is 0 Å². The van der Waals surface area contributed by atoms with Crippen molar-refractivity contribution in [1.29, 1.82) is 0 Å².